The Bertz CT molecular complexity index is 897. The first-order valence-electron chi connectivity index (χ1n) is 5.95. The molecule has 2 nitrogen and oxygen atoms in total. The van der Waals surface area contributed by atoms with Crippen LogP contribution in [-0.4, -0.2) is 11.6 Å². The molecule has 0 saturated heterocycles. The number of ketones is 2. The molecule has 19 heavy (non-hydrogen) atoms. The van der Waals surface area contributed by atoms with E-state index in [2.05, 4.69) is 0 Å². The van der Waals surface area contributed by atoms with Crippen LogP contribution in [0.3, 0.4) is 0 Å². The van der Waals surface area contributed by atoms with E-state index in [1.165, 1.54) is 11.3 Å². The lowest BCUT2D eigenvalue weighted by atomic mass is 9.82. The summed E-state index contributed by atoms with van der Waals surface area (Å²) in [5, 5.41) is 2.80. The van der Waals surface area contributed by atoms with Gasteiger partial charge < -0.3 is 0 Å². The smallest absolute Gasteiger partial charge is 0.195 e. The summed E-state index contributed by atoms with van der Waals surface area (Å²) < 4.78 is 0.880. The van der Waals surface area contributed by atoms with Crippen LogP contribution < -0.4 is 9.75 Å². The highest BCUT2D eigenvalue weighted by molar-refractivity contribution is 7.08. The predicted molar refractivity (Wildman–Crippen MR) is 75.2 cm³/mol. The van der Waals surface area contributed by atoms with Gasteiger partial charge in [0, 0.05) is 32.5 Å². The maximum absolute atomic E-state index is 12.6. The van der Waals surface area contributed by atoms with Crippen LogP contribution in [0.4, 0.5) is 0 Å². The van der Waals surface area contributed by atoms with Gasteiger partial charge in [-0.3, -0.25) is 9.59 Å². The van der Waals surface area contributed by atoms with Crippen molar-refractivity contribution in [2.75, 3.05) is 0 Å². The summed E-state index contributed by atoms with van der Waals surface area (Å²) in [6, 6.07) is 9.32. The van der Waals surface area contributed by atoms with Crippen LogP contribution in [0.15, 0.2) is 41.3 Å². The normalized spacial score (nSPS) is 16.2. The predicted octanol–water partition coefficient (Wildman–Crippen LogP) is 1.54. The second-order valence-electron chi connectivity index (χ2n) is 4.56. The average Bonchev–Trinajstić information content (AvgIpc) is 2.87. The highest BCUT2D eigenvalue weighted by Crippen LogP contribution is 2.29. The molecule has 2 aliphatic rings. The van der Waals surface area contributed by atoms with Gasteiger partial charge in [-0.15, -0.1) is 11.3 Å². The van der Waals surface area contributed by atoms with Crippen LogP contribution in [-0.2, 0) is 4.79 Å². The van der Waals surface area contributed by atoms with Crippen molar-refractivity contribution in [2.45, 2.75) is 0 Å². The highest BCUT2D eigenvalue weighted by Gasteiger charge is 2.29. The highest BCUT2D eigenvalue weighted by atomic mass is 32.1. The van der Waals surface area contributed by atoms with Crippen molar-refractivity contribution in [3.05, 3.63) is 62.2 Å². The van der Waals surface area contributed by atoms with E-state index in [1.807, 2.05) is 41.8 Å². The second kappa shape index (κ2) is 3.62. The van der Waals surface area contributed by atoms with Gasteiger partial charge in [0.05, 0.1) is 0 Å². The Labute approximate surface area is 113 Å². The van der Waals surface area contributed by atoms with Crippen molar-refractivity contribution < 1.29 is 9.59 Å². The van der Waals surface area contributed by atoms with Gasteiger partial charge in [0.15, 0.2) is 11.6 Å². The van der Waals surface area contributed by atoms with Crippen LogP contribution >= 0.6 is 11.3 Å². The Kier molecular flexibility index (Phi) is 2.03. The van der Waals surface area contributed by atoms with E-state index >= 15 is 0 Å². The first-order valence-corrected chi connectivity index (χ1v) is 6.83. The third kappa shape index (κ3) is 1.36. The minimum Gasteiger partial charge on any atom is -0.289 e. The molecule has 0 radical (unpaired) electrons. The molecule has 1 aromatic heterocycles. The maximum Gasteiger partial charge on any atom is 0.195 e. The van der Waals surface area contributed by atoms with Crippen LogP contribution in [0.1, 0.15) is 15.9 Å². The molecule has 1 heterocycles. The number of allylic oxidation sites excluding steroid dienone is 1. The number of fused-ring (bicyclic) bond motifs is 3. The summed E-state index contributed by atoms with van der Waals surface area (Å²) in [7, 11) is 0. The lowest BCUT2D eigenvalue weighted by Gasteiger charge is -2.18. The van der Waals surface area contributed by atoms with Crippen LogP contribution in [0.5, 0.6) is 0 Å². The fraction of sp³-hybridized carbons (Fsp3) is 0. The molecular weight excluding hydrogens is 256 g/mol. The number of hydrogen-bond donors (Lipinski definition) is 0. The van der Waals surface area contributed by atoms with E-state index in [-0.39, 0.29) is 11.6 Å². The Morgan fingerprint density at radius 2 is 1.79 bits per heavy atom. The third-order valence-electron chi connectivity index (χ3n) is 3.49. The number of Topliss-reactive ketones (excluding diaryl/α,β-unsaturated/α-hetero) is 2. The SMILES string of the molecule is O=C1C=c2sccc2=C2C(=O)c3ccccc3C=C12. The van der Waals surface area contributed by atoms with Gasteiger partial charge in [-0.1, -0.05) is 24.3 Å². The van der Waals surface area contributed by atoms with E-state index in [4.69, 9.17) is 0 Å². The number of rotatable bonds is 0. The van der Waals surface area contributed by atoms with Gasteiger partial charge in [-0.2, -0.15) is 0 Å². The molecule has 3 heteroatoms. The van der Waals surface area contributed by atoms with Gasteiger partial charge in [-0.05, 0) is 23.1 Å². The van der Waals surface area contributed by atoms with Crippen molar-refractivity contribution >= 4 is 40.6 Å². The number of benzene rings is 1. The maximum atomic E-state index is 12.6. The lowest BCUT2D eigenvalue weighted by molar-refractivity contribution is -0.109. The number of carbonyl (C=O) groups is 2. The summed E-state index contributed by atoms with van der Waals surface area (Å²) in [6.07, 6.45) is 3.45. The van der Waals surface area contributed by atoms with Crippen LogP contribution in [0.25, 0.3) is 17.7 Å². The quantitative estimate of drug-likeness (QED) is 0.723. The Balaban J connectivity index is 2.19. The van der Waals surface area contributed by atoms with Crippen LogP contribution in [0.2, 0.25) is 0 Å². The van der Waals surface area contributed by atoms with E-state index in [0.717, 1.165) is 15.3 Å². The lowest BCUT2D eigenvalue weighted by Crippen LogP contribution is -2.33. The number of thiophene rings is 1. The molecule has 0 saturated carbocycles. The molecule has 0 atom stereocenters. The zero-order valence-electron chi connectivity index (χ0n) is 9.84. The molecule has 1 aromatic carbocycles. The van der Waals surface area contributed by atoms with Gasteiger partial charge >= 0.3 is 0 Å². The van der Waals surface area contributed by atoms with E-state index in [9.17, 15) is 9.59 Å². The molecule has 2 aromatic rings. The molecule has 0 unspecified atom stereocenters. The average molecular weight is 264 g/mol. The summed E-state index contributed by atoms with van der Waals surface area (Å²) in [5.41, 5.74) is 2.58. The Morgan fingerprint density at radius 3 is 2.68 bits per heavy atom. The van der Waals surface area contributed by atoms with Crippen molar-refractivity contribution in [3.8, 4) is 0 Å². The first-order chi connectivity index (χ1) is 9.25. The minimum atomic E-state index is -0.0761. The molecule has 0 fully saturated rings. The Hall–Kier alpha value is -2.26. The summed E-state index contributed by atoms with van der Waals surface area (Å²) in [6.45, 7) is 0. The fourth-order valence-corrected chi connectivity index (χ4v) is 3.44. The van der Waals surface area contributed by atoms with Gasteiger partial charge in [0.2, 0.25) is 0 Å². The third-order valence-corrected chi connectivity index (χ3v) is 4.36. The van der Waals surface area contributed by atoms with E-state index in [0.29, 0.717) is 16.7 Å². The van der Waals surface area contributed by atoms with Crippen molar-refractivity contribution in [1.29, 1.82) is 0 Å². The van der Waals surface area contributed by atoms with Crippen LogP contribution in [0, 0.1) is 0 Å². The monoisotopic (exact) mass is 264 g/mol. The summed E-state index contributed by atoms with van der Waals surface area (Å²) >= 11 is 1.49. The number of carbonyl (C=O) groups excluding carboxylic acids is 2. The minimum absolute atomic E-state index is 0.0470. The topological polar surface area (TPSA) is 34.1 Å². The zero-order valence-corrected chi connectivity index (χ0v) is 10.7. The standard InChI is InChI=1S/C16H8O2S/c17-13-8-14-11(5-6-19-14)15-12(13)7-9-3-1-2-4-10(9)16(15)18/h1-8H. The molecule has 90 valence electrons. The molecule has 0 N–H and O–H groups in total. The fourth-order valence-electron chi connectivity index (χ4n) is 2.61. The Morgan fingerprint density at radius 1 is 0.947 bits per heavy atom. The van der Waals surface area contributed by atoms with Gasteiger partial charge in [0.25, 0.3) is 0 Å². The molecule has 0 bridgehead atoms. The van der Waals surface area contributed by atoms with Crippen molar-refractivity contribution in [3.63, 3.8) is 0 Å². The molecule has 0 amide bonds. The second-order valence-corrected chi connectivity index (χ2v) is 5.50. The van der Waals surface area contributed by atoms with E-state index < -0.39 is 0 Å². The largest absolute Gasteiger partial charge is 0.289 e. The zero-order chi connectivity index (χ0) is 13.0. The molecule has 2 aliphatic carbocycles. The first kappa shape index (κ1) is 10.6. The number of hydrogen-bond acceptors (Lipinski definition) is 3. The molecule has 4 rings (SSSR count). The van der Waals surface area contributed by atoms with Crippen molar-refractivity contribution in [2.24, 2.45) is 0 Å². The molecule has 0 aliphatic heterocycles. The van der Waals surface area contributed by atoms with Crippen molar-refractivity contribution in [1.82, 2.24) is 0 Å². The molecular formula is C16H8O2S. The van der Waals surface area contributed by atoms with Gasteiger partial charge in [-0.25, -0.2) is 0 Å². The van der Waals surface area contributed by atoms with Gasteiger partial charge in [0.1, 0.15) is 0 Å². The molecule has 0 spiro atoms. The summed E-state index contributed by atoms with van der Waals surface area (Å²) in [4.78, 5) is 24.8. The van der Waals surface area contributed by atoms with E-state index in [1.54, 1.807) is 6.08 Å². The summed E-state index contributed by atoms with van der Waals surface area (Å²) in [5.74, 6) is -0.123.